The van der Waals surface area contributed by atoms with Gasteiger partial charge in [-0.2, -0.15) is 0 Å². The fraction of sp³-hybridized carbons (Fsp3) is 0.625. The number of halogens is 1. The maximum atomic E-state index is 13.4. The quantitative estimate of drug-likeness (QED) is 0.899. The number of nitrogens with two attached hydrogens (primary N) is 1. The summed E-state index contributed by atoms with van der Waals surface area (Å²) >= 11 is 0. The van der Waals surface area contributed by atoms with Gasteiger partial charge in [-0.25, -0.2) is 4.39 Å². The Labute approximate surface area is 115 Å². The molecule has 1 aliphatic carbocycles. The molecule has 0 aromatic heterocycles. The number of rotatable bonds is 3. The van der Waals surface area contributed by atoms with Crippen LogP contribution < -0.4 is 10.5 Å². The van der Waals surface area contributed by atoms with Crippen LogP contribution in [0.3, 0.4) is 0 Å². The van der Waals surface area contributed by atoms with Crippen molar-refractivity contribution in [2.45, 2.75) is 39.2 Å². The van der Waals surface area contributed by atoms with Gasteiger partial charge in [0.25, 0.3) is 0 Å². The summed E-state index contributed by atoms with van der Waals surface area (Å²) in [5.74, 6) is 1.94. The standard InChI is InChI=1S/C16H24FNO/c1-10-4-5-12(8-11(10)2)16(18)13-6-7-14(17)15(9-13)19-3/h6-7,9-12,16H,4-5,8,18H2,1-3H3. The molecule has 0 amide bonds. The molecule has 1 fully saturated rings. The minimum Gasteiger partial charge on any atom is -0.494 e. The van der Waals surface area contributed by atoms with Crippen molar-refractivity contribution >= 4 is 0 Å². The molecule has 2 nitrogen and oxygen atoms in total. The van der Waals surface area contributed by atoms with Gasteiger partial charge in [0.2, 0.25) is 0 Å². The molecule has 0 heterocycles. The molecule has 0 saturated heterocycles. The fourth-order valence-electron chi connectivity index (χ4n) is 3.07. The second kappa shape index (κ2) is 5.91. The molecule has 1 aromatic rings. The number of methoxy groups -OCH3 is 1. The Hall–Kier alpha value is -1.09. The third kappa shape index (κ3) is 3.08. The highest BCUT2D eigenvalue weighted by Crippen LogP contribution is 2.39. The Morgan fingerprint density at radius 2 is 2.00 bits per heavy atom. The second-order valence-electron chi connectivity index (χ2n) is 5.95. The van der Waals surface area contributed by atoms with Gasteiger partial charge in [-0.15, -0.1) is 0 Å². The summed E-state index contributed by atoms with van der Waals surface area (Å²) in [6, 6.07) is 4.95. The molecule has 1 saturated carbocycles. The highest BCUT2D eigenvalue weighted by atomic mass is 19.1. The first kappa shape index (κ1) is 14.3. The average molecular weight is 265 g/mol. The van der Waals surface area contributed by atoms with Gasteiger partial charge in [-0.3, -0.25) is 0 Å². The first-order valence-corrected chi connectivity index (χ1v) is 7.12. The third-order valence-corrected chi connectivity index (χ3v) is 4.71. The molecule has 2 N–H and O–H groups in total. The predicted octanol–water partition coefficient (Wildman–Crippen LogP) is 3.91. The molecule has 0 radical (unpaired) electrons. The molecule has 4 atom stereocenters. The summed E-state index contributed by atoms with van der Waals surface area (Å²) in [7, 11) is 1.48. The van der Waals surface area contributed by atoms with Gasteiger partial charge in [-0.05, 0) is 48.3 Å². The number of hydrogen-bond donors (Lipinski definition) is 1. The van der Waals surface area contributed by atoms with E-state index in [-0.39, 0.29) is 17.6 Å². The maximum Gasteiger partial charge on any atom is 0.165 e. The van der Waals surface area contributed by atoms with Gasteiger partial charge >= 0.3 is 0 Å². The summed E-state index contributed by atoms with van der Waals surface area (Å²) in [4.78, 5) is 0. The summed E-state index contributed by atoms with van der Waals surface area (Å²) in [5.41, 5.74) is 7.35. The number of hydrogen-bond acceptors (Lipinski definition) is 2. The zero-order valence-electron chi connectivity index (χ0n) is 12.0. The van der Waals surface area contributed by atoms with Crippen LogP contribution in [0.15, 0.2) is 18.2 Å². The largest absolute Gasteiger partial charge is 0.494 e. The molecule has 1 aromatic carbocycles. The third-order valence-electron chi connectivity index (χ3n) is 4.71. The SMILES string of the molecule is COc1cc(C(N)C2CCC(C)C(C)C2)ccc1F. The zero-order valence-corrected chi connectivity index (χ0v) is 12.0. The highest BCUT2D eigenvalue weighted by molar-refractivity contribution is 5.32. The smallest absolute Gasteiger partial charge is 0.165 e. The van der Waals surface area contributed by atoms with E-state index in [0.717, 1.165) is 24.3 Å². The number of benzene rings is 1. The molecule has 0 bridgehead atoms. The summed E-state index contributed by atoms with van der Waals surface area (Å²) < 4.78 is 18.5. The van der Waals surface area contributed by atoms with Crippen molar-refractivity contribution in [3.8, 4) is 5.75 Å². The zero-order chi connectivity index (χ0) is 14.0. The van der Waals surface area contributed by atoms with Crippen molar-refractivity contribution in [3.63, 3.8) is 0 Å². The average Bonchev–Trinajstić information content (AvgIpc) is 2.41. The Bertz CT molecular complexity index is 435. The van der Waals surface area contributed by atoms with E-state index >= 15 is 0 Å². The van der Waals surface area contributed by atoms with Gasteiger partial charge in [0.1, 0.15) is 0 Å². The van der Waals surface area contributed by atoms with Crippen LogP contribution in [0, 0.1) is 23.6 Å². The fourth-order valence-corrected chi connectivity index (χ4v) is 3.07. The molecular weight excluding hydrogens is 241 g/mol. The number of ether oxygens (including phenoxy) is 1. The van der Waals surface area contributed by atoms with E-state index in [1.54, 1.807) is 12.1 Å². The minimum absolute atomic E-state index is 0.0237. The van der Waals surface area contributed by atoms with Crippen LogP contribution in [0.5, 0.6) is 5.75 Å². The van der Waals surface area contributed by atoms with Gasteiger partial charge in [0.05, 0.1) is 7.11 Å². The van der Waals surface area contributed by atoms with Crippen molar-refractivity contribution in [3.05, 3.63) is 29.6 Å². The molecule has 1 aliphatic rings. The maximum absolute atomic E-state index is 13.4. The van der Waals surface area contributed by atoms with Crippen LogP contribution in [0.1, 0.15) is 44.7 Å². The van der Waals surface area contributed by atoms with Crippen LogP contribution in [0.2, 0.25) is 0 Å². The van der Waals surface area contributed by atoms with E-state index in [9.17, 15) is 4.39 Å². The van der Waals surface area contributed by atoms with Crippen molar-refractivity contribution in [2.24, 2.45) is 23.5 Å². The topological polar surface area (TPSA) is 35.2 Å². The van der Waals surface area contributed by atoms with Gasteiger partial charge < -0.3 is 10.5 Å². The normalized spacial score (nSPS) is 29.0. The van der Waals surface area contributed by atoms with Crippen molar-refractivity contribution in [1.29, 1.82) is 0 Å². The summed E-state index contributed by atoms with van der Waals surface area (Å²) in [5, 5.41) is 0. The van der Waals surface area contributed by atoms with Gasteiger partial charge in [0, 0.05) is 6.04 Å². The van der Waals surface area contributed by atoms with Crippen LogP contribution in [0.4, 0.5) is 4.39 Å². The molecule has 4 unspecified atom stereocenters. The monoisotopic (exact) mass is 265 g/mol. The lowest BCUT2D eigenvalue weighted by molar-refractivity contribution is 0.186. The first-order chi connectivity index (χ1) is 9.02. The van der Waals surface area contributed by atoms with Crippen LogP contribution >= 0.6 is 0 Å². The lowest BCUT2D eigenvalue weighted by atomic mass is 9.72. The molecule has 106 valence electrons. The van der Waals surface area contributed by atoms with E-state index in [1.807, 2.05) is 0 Å². The Morgan fingerprint density at radius 1 is 1.26 bits per heavy atom. The van der Waals surface area contributed by atoms with Gasteiger partial charge in [-0.1, -0.05) is 26.3 Å². The Kier molecular flexibility index (Phi) is 4.46. The van der Waals surface area contributed by atoms with E-state index < -0.39 is 0 Å². The molecule has 3 heteroatoms. The Balaban J connectivity index is 2.13. The van der Waals surface area contributed by atoms with Crippen molar-refractivity contribution < 1.29 is 9.13 Å². The van der Waals surface area contributed by atoms with E-state index in [4.69, 9.17) is 10.5 Å². The summed E-state index contributed by atoms with van der Waals surface area (Å²) in [6.07, 6.45) is 3.55. The first-order valence-electron chi connectivity index (χ1n) is 7.12. The molecule has 19 heavy (non-hydrogen) atoms. The minimum atomic E-state index is -0.330. The van der Waals surface area contributed by atoms with Crippen molar-refractivity contribution in [2.75, 3.05) is 7.11 Å². The van der Waals surface area contributed by atoms with E-state index in [1.165, 1.54) is 19.6 Å². The molecule has 0 spiro atoms. The Morgan fingerprint density at radius 3 is 2.63 bits per heavy atom. The molecular formula is C16H24FNO. The van der Waals surface area contributed by atoms with Gasteiger partial charge in [0.15, 0.2) is 11.6 Å². The lowest BCUT2D eigenvalue weighted by Crippen LogP contribution is -2.29. The van der Waals surface area contributed by atoms with Crippen LogP contribution in [0.25, 0.3) is 0 Å². The van der Waals surface area contributed by atoms with Crippen LogP contribution in [-0.4, -0.2) is 7.11 Å². The second-order valence-corrected chi connectivity index (χ2v) is 5.95. The van der Waals surface area contributed by atoms with Crippen LogP contribution in [-0.2, 0) is 0 Å². The predicted molar refractivity (Wildman–Crippen MR) is 75.5 cm³/mol. The van der Waals surface area contributed by atoms with E-state index in [0.29, 0.717) is 11.8 Å². The molecule has 0 aliphatic heterocycles. The highest BCUT2D eigenvalue weighted by Gasteiger charge is 2.29. The lowest BCUT2D eigenvalue weighted by Gasteiger charge is -2.35. The van der Waals surface area contributed by atoms with E-state index in [2.05, 4.69) is 13.8 Å². The molecule has 2 rings (SSSR count). The summed E-state index contributed by atoms with van der Waals surface area (Å²) in [6.45, 7) is 4.61. The van der Waals surface area contributed by atoms with Crippen molar-refractivity contribution in [1.82, 2.24) is 0 Å².